The number of hydroxylamine groups is 1. The van der Waals surface area contributed by atoms with Crippen LogP contribution in [0.25, 0.3) is 10.1 Å². The second-order valence-corrected chi connectivity index (χ2v) is 9.64. The van der Waals surface area contributed by atoms with Crippen LogP contribution in [0.2, 0.25) is 0 Å². The van der Waals surface area contributed by atoms with Crippen molar-refractivity contribution in [3.8, 4) is 0 Å². The molecule has 0 radical (unpaired) electrons. The van der Waals surface area contributed by atoms with Gasteiger partial charge in [-0.1, -0.05) is 18.2 Å². The van der Waals surface area contributed by atoms with E-state index >= 15 is 0 Å². The number of nitrogens with zero attached hydrogens (tertiary/aromatic N) is 4. The lowest BCUT2D eigenvalue weighted by molar-refractivity contribution is -0.186. The van der Waals surface area contributed by atoms with Gasteiger partial charge in [-0.05, 0) is 30.4 Å². The molecule has 5 rings (SSSR count). The summed E-state index contributed by atoms with van der Waals surface area (Å²) >= 11 is 1.74. The normalized spacial score (nSPS) is 20.4. The van der Waals surface area contributed by atoms with Crippen LogP contribution in [0.5, 0.6) is 0 Å². The first-order valence-electron chi connectivity index (χ1n) is 11.7. The Bertz CT molecular complexity index is 1060. The highest BCUT2D eigenvalue weighted by Gasteiger charge is 2.27. The van der Waals surface area contributed by atoms with Gasteiger partial charge in [0, 0.05) is 61.2 Å². The summed E-state index contributed by atoms with van der Waals surface area (Å²) in [6, 6.07) is 10.5. The molecule has 2 aromatic heterocycles. The summed E-state index contributed by atoms with van der Waals surface area (Å²) in [7, 11) is 0. The molecule has 2 saturated heterocycles. The van der Waals surface area contributed by atoms with E-state index in [0.29, 0.717) is 18.1 Å². The van der Waals surface area contributed by atoms with E-state index in [0.717, 1.165) is 45.4 Å². The van der Waals surface area contributed by atoms with Crippen molar-refractivity contribution in [1.29, 1.82) is 0 Å². The van der Waals surface area contributed by atoms with E-state index in [4.69, 9.17) is 9.57 Å². The molecule has 0 saturated carbocycles. The summed E-state index contributed by atoms with van der Waals surface area (Å²) in [5.74, 6) is 0.204. The summed E-state index contributed by atoms with van der Waals surface area (Å²) in [5, 5.41) is 11.3. The van der Waals surface area contributed by atoms with Crippen LogP contribution in [0.4, 0.5) is 5.95 Å². The molecule has 10 heteroatoms. The minimum Gasteiger partial charge on any atom is -0.394 e. The molecule has 3 aromatic rings. The van der Waals surface area contributed by atoms with Crippen LogP contribution in [-0.2, 0) is 9.57 Å². The topological polar surface area (TPSA) is 100 Å². The zero-order valence-electron chi connectivity index (χ0n) is 18.9. The van der Waals surface area contributed by atoms with Gasteiger partial charge >= 0.3 is 0 Å². The molecule has 34 heavy (non-hydrogen) atoms. The van der Waals surface area contributed by atoms with Crippen molar-refractivity contribution >= 4 is 33.3 Å². The van der Waals surface area contributed by atoms with E-state index in [2.05, 4.69) is 43.4 Å². The zero-order chi connectivity index (χ0) is 23.3. The summed E-state index contributed by atoms with van der Waals surface area (Å²) in [5.41, 5.74) is 2.77. The number of anilines is 1. The van der Waals surface area contributed by atoms with E-state index in [1.807, 2.05) is 12.1 Å². The maximum atomic E-state index is 12.3. The first kappa shape index (κ1) is 23.1. The monoisotopic (exact) mass is 483 g/mol. The highest BCUT2D eigenvalue weighted by atomic mass is 32.1. The number of amides is 1. The maximum absolute atomic E-state index is 12.3. The number of nitrogens with one attached hydrogen (secondary N) is 1. The predicted octanol–water partition coefficient (Wildman–Crippen LogP) is 2.73. The van der Waals surface area contributed by atoms with E-state index in [1.54, 1.807) is 11.3 Å². The van der Waals surface area contributed by atoms with Gasteiger partial charge in [-0.15, -0.1) is 11.3 Å². The Morgan fingerprint density at radius 1 is 1.21 bits per heavy atom. The lowest BCUT2D eigenvalue weighted by Gasteiger charge is -2.38. The van der Waals surface area contributed by atoms with E-state index in [-0.39, 0.29) is 18.6 Å². The summed E-state index contributed by atoms with van der Waals surface area (Å²) in [6.07, 6.45) is 5.44. The molecule has 9 nitrogen and oxygen atoms in total. The Morgan fingerprint density at radius 3 is 2.71 bits per heavy atom. The summed E-state index contributed by atoms with van der Waals surface area (Å²) in [6.45, 7) is 3.81. The summed E-state index contributed by atoms with van der Waals surface area (Å²) < 4.78 is 6.69. The standard InChI is InChI=1S/C24H29N5O4S/c30-16-19(21-13-17-5-1-2-6-20(17)34-21)28-8-10-29(11-9-28)24-25-14-18(15-26-24)23(31)27-33-22-7-3-4-12-32-22/h1-2,5-6,13-15,19,22,30H,3-4,7-12,16H2,(H,27,31). The molecule has 0 spiro atoms. The highest BCUT2D eigenvalue weighted by molar-refractivity contribution is 7.19. The van der Waals surface area contributed by atoms with Crippen molar-refractivity contribution in [3.63, 3.8) is 0 Å². The Balaban J connectivity index is 1.15. The van der Waals surface area contributed by atoms with Gasteiger partial charge in [0.25, 0.3) is 5.91 Å². The average Bonchev–Trinajstić information content (AvgIpc) is 3.33. The van der Waals surface area contributed by atoms with Crippen LogP contribution in [0.15, 0.2) is 42.7 Å². The van der Waals surface area contributed by atoms with Crippen molar-refractivity contribution in [2.75, 3.05) is 44.3 Å². The molecule has 180 valence electrons. The van der Waals surface area contributed by atoms with E-state index < -0.39 is 6.29 Å². The molecule has 0 bridgehead atoms. The van der Waals surface area contributed by atoms with Crippen LogP contribution in [0.3, 0.4) is 0 Å². The fourth-order valence-corrected chi connectivity index (χ4v) is 5.56. The SMILES string of the molecule is O=C(NOC1CCCCO1)c1cnc(N2CCN(C(CO)c3cc4ccccc4s3)CC2)nc1. The lowest BCUT2D eigenvalue weighted by Crippen LogP contribution is -2.48. The first-order chi connectivity index (χ1) is 16.7. The molecule has 0 aliphatic carbocycles. The average molecular weight is 484 g/mol. The number of carbonyl (C=O) groups excluding carboxylic acids is 1. The summed E-state index contributed by atoms with van der Waals surface area (Å²) in [4.78, 5) is 32.0. The molecular weight excluding hydrogens is 454 g/mol. The molecule has 2 aliphatic rings. The Labute approximate surface area is 202 Å². The smallest absolute Gasteiger partial charge is 0.278 e. The van der Waals surface area contributed by atoms with E-state index in [1.165, 1.54) is 27.4 Å². The van der Waals surface area contributed by atoms with Crippen molar-refractivity contribution < 1.29 is 19.5 Å². The first-order valence-corrected chi connectivity index (χ1v) is 12.5. The fraction of sp³-hybridized carbons (Fsp3) is 0.458. The Hall–Kier alpha value is -2.63. The zero-order valence-corrected chi connectivity index (χ0v) is 19.7. The number of benzene rings is 1. The van der Waals surface area contributed by atoms with E-state index in [9.17, 15) is 9.90 Å². The third-order valence-corrected chi connectivity index (χ3v) is 7.52. The number of hydrogen-bond donors (Lipinski definition) is 2. The maximum Gasteiger partial charge on any atom is 0.278 e. The Morgan fingerprint density at radius 2 is 2.00 bits per heavy atom. The number of aromatic nitrogens is 2. The van der Waals surface area contributed by atoms with Crippen LogP contribution in [-0.4, -0.2) is 71.6 Å². The van der Waals surface area contributed by atoms with Gasteiger partial charge in [0.2, 0.25) is 5.95 Å². The van der Waals surface area contributed by atoms with Gasteiger partial charge in [0.15, 0.2) is 6.29 Å². The molecule has 2 atom stereocenters. The third kappa shape index (κ3) is 5.21. The molecule has 2 unspecified atom stereocenters. The number of fused-ring (bicyclic) bond motifs is 1. The highest BCUT2D eigenvalue weighted by Crippen LogP contribution is 2.33. The number of aliphatic hydroxyl groups is 1. The molecule has 2 fully saturated rings. The van der Waals surface area contributed by atoms with Gasteiger partial charge in [-0.3, -0.25) is 9.69 Å². The van der Waals surface area contributed by atoms with Crippen LogP contribution >= 0.6 is 11.3 Å². The molecular formula is C24H29N5O4S. The minimum atomic E-state index is -0.399. The number of piperazine rings is 1. The van der Waals surface area contributed by atoms with Gasteiger partial charge in [-0.2, -0.15) is 0 Å². The fourth-order valence-electron chi connectivity index (χ4n) is 4.37. The number of hydrogen-bond acceptors (Lipinski definition) is 9. The third-order valence-electron chi connectivity index (χ3n) is 6.31. The van der Waals surface area contributed by atoms with Crippen molar-refractivity contribution in [2.24, 2.45) is 0 Å². The number of aliphatic hydroxyl groups excluding tert-OH is 1. The number of ether oxygens (including phenoxy) is 1. The number of rotatable bonds is 7. The molecule has 1 amide bonds. The number of carbonyl (C=O) groups is 1. The number of thiophene rings is 1. The van der Waals surface area contributed by atoms with Crippen LogP contribution < -0.4 is 10.4 Å². The van der Waals surface area contributed by atoms with Crippen LogP contribution in [0, 0.1) is 0 Å². The second-order valence-electron chi connectivity index (χ2n) is 8.52. The predicted molar refractivity (Wildman–Crippen MR) is 130 cm³/mol. The minimum absolute atomic E-state index is 0.0142. The quantitative estimate of drug-likeness (QED) is 0.495. The van der Waals surface area contributed by atoms with Gasteiger partial charge in [-0.25, -0.2) is 20.3 Å². The van der Waals surface area contributed by atoms with Crippen molar-refractivity contribution in [1.82, 2.24) is 20.3 Å². The van der Waals surface area contributed by atoms with Crippen LogP contribution in [0.1, 0.15) is 40.5 Å². The molecule has 2 N–H and O–H groups in total. The van der Waals surface area contributed by atoms with Crippen molar-refractivity contribution in [2.45, 2.75) is 31.6 Å². The molecule has 4 heterocycles. The molecule has 1 aromatic carbocycles. The van der Waals surface area contributed by atoms with Gasteiger partial charge in [0.05, 0.1) is 18.2 Å². The second kappa shape index (κ2) is 10.7. The molecule has 2 aliphatic heterocycles. The van der Waals surface area contributed by atoms with Gasteiger partial charge < -0.3 is 14.7 Å². The van der Waals surface area contributed by atoms with Gasteiger partial charge in [0.1, 0.15) is 0 Å². The largest absolute Gasteiger partial charge is 0.394 e. The Kier molecular flexibility index (Phi) is 7.31. The lowest BCUT2D eigenvalue weighted by atomic mass is 10.1. The van der Waals surface area contributed by atoms with Crippen molar-refractivity contribution in [3.05, 3.63) is 53.2 Å².